The molecule has 2 aromatic carbocycles. The van der Waals surface area contributed by atoms with E-state index in [2.05, 4.69) is 0 Å². The van der Waals surface area contributed by atoms with E-state index in [1.165, 1.54) is 0 Å². The molecule has 0 unspecified atom stereocenters. The summed E-state index contributed by atoms with van der Waals surface area (Å²) in [5.41, 5.74) is 3.52. The standard InChI is InChI=1S/C18H24N2O2/c1-19(2)15-9-5-13(6-10-15)17(21)18(22)14-7-11-16(12-8-14)20(3)4/h5-12,17-18,21-22H,1-4H3/t17-,18-/m1/s1. The molecular formula is C18H24N2O2. The molecule has 0 saturated carbocycles. The van der Waals surface area contributed by atoms with Crippen LogP contribution in [-0.4, -0.2) is 38.4 Å². The number of aliphatic hydroxyl groups is 2. The smallest absolute Gasteiger partial charge is 0.109 e. The lowest BCUT2D eigenvalue weighted by Crippen LogP contribution is -2.12. The number of rotatable bonds is 5. The van der Waals surface area contributed by atoms with Gasteiger partial charge < -0.3 is 20.0 Å². The summed E-state index contributed by atoms with van der Waals surface area (Å²) in [6.45, 7) is 0. The van der Waals surface area contributed by atoms with Crippen LogP contribution in [0.25, 0.3) is 0 Å². The fourth-order valence-corrected chi connectivity index (χ4v) is 2.30. The molecule has 0 saturated heterocycles. The predicted octanol–water partition coefficient (Wildman–Crippen LogP) is 2.59. The third-order valence-corrected chi connectivity index (χ3v) is 3.80. The Balaban J connectivity index is 2.15. The van der Waals surface area contributed by atoms with Crippen LogP contribution in [0.1, 0.15) is 23.3 Å². The number of hydrogen-bond donors (Lipinski definition) is 2. The topological polar surface area (TPSA) is 46.9 Å². The molecule has 0 spiro atoms. The van der Waals surface area contributed by atoms with Gasteiger partial charge in [-0.3, -0.25) is 0 Å². The summed E-state index contributed by atoms with van der Waals surface area (Å²) in [5, 5.41) is 20.8. The number of aliphatic hydroxyl groups excluding tert-OH is 2. The van der Waals surface area contributed by atoms with E-state index in [4.69, 9.17) is 0 Å². The van der Waals surface area contributed by atoms with E-state index in [0.717, 1.165) is 11.4 Å². The molecule has 2 aromatic rings. The van der Waals surface area contributed by atoms with Crippen molar-refractivity contribution < 1.29 is 10.2 Å². The lowest BCUT2D eigenvalue weighted by molar-refractivity contribution is 0.0172. The minimum absolute atomic E-state index is 0.704. The van der Waals surface area contributed by atoms with Crippen molar-refractivity contribution in [3.8, 4) is 0 Å². The van der Waals surface area contributed by atoms with Gasteiger partial charge in [0.2, 0.25) is 0 Å². The molecule has 2 atom stereocenters. The normalized spacial score (nSPS) is 13.5. The number of anilines is 2. The second kappa shape index (κ2) is 6.81. The summed E-state index contributed by atoms with van der Waals surface area (Å²) >= 11 is 0. The molecule has 118 valence electrons. The highest BCUT2D eigenvalue weighted by molar-refractivity contribution is 5.48. The van der Waals surface area contributed by atoms with Crippen LogP contribution in [-0.2, 0) is 0 Å². The Morgan fingerprint density at radius 2 is 0.864 bits per heavy atom. The first kappa shape index (κ1) is 16.3. The molecule has 2 N–H and O–H groups in total. The zero-order valence-corrected chi connectivity index (χ0v) is 13.6. The first-order chi connectivity index (χ1) is 10.4. The second-order valence-electron chi connectivity index (χ2n) is 5.86. The third kappa shape index (κ3) is 3.59. The fraction of sp³-hybridized carbons (Fsp3) is 0.333. The van der Waals surface area contributed by atoms with Gasteiger partial charge in [-0.05, 0) is 35.4 Å². The highest BCUT2D eigenvalue weighted by Crippen LogP contribution is 2.30. The van der Waals surface area contributed by atoms with Crippen LogP contribution in [0.4, 0.5) is 11.4 Å². The Morgan fingerprint density at radius 1 is 0.591 bits per heavy atom. The summed E-state index contributed by atoms with van der Waals surface area (Å²) in [5.74, 6) is 0. The Hall–Kier alpha value is -2.04. The van der Waals surface area contributed by atoms with E-state index in [1.807, 2.05) is 86.5 Å². The van der Waals surface area contributed by atoms with Crippen LogP contribution >= 0.6 is 0 Å². The molecule has 0 bridgehead atoms. The fourth-order valence-electron chi connectivity index (χ4n) is 2.30. The summed E-state index contributed by atoms with van der Waals surface area (Å²) in [4.78, 5) is 3.99. The van der Waals surface area contributed by atoms with Gasteiger partial charge in [-0.25, -0.2) is 0 Å². The Bertz CT molecular complexity index is 536. The van der Waals surface area contributed by atoms with Crippen molar-refractivity contribution in [2.75, 3.05) is 38.0 Å². The van der Waals surface area contributed by atoms with Crippen LogP contribution in [0, 0.1) is 0 Å². The van der Waals surface area contributed by atoms with Gasteiger partial charge in [-0.15, -0.1) is 0 Å². The maximum absolute atomic E-state index is 10.4. The molecule has 0 radical (unpaired) electrons. The van der Waals surface area contributed by atoms with Crippen molar-refractivity contribution in [3.63, 3.8) is 0 Å². The number of nitrogens with zero attached hydrogens (tertiary/aromatic N) is 2. The molecule has 4 heteroatoms. The molecule has 0 heterocycles. The largest absolute Gasteiger partial charge is 0.385 e. The van der Waals surface area contributed by atoms with E-state index >= 15 is 0 Å². The van der Waals surface area contributed by atoms with Crippen molar-refractivity contribution in [3.05, 3.63) is 59.7 Å². The van der Waals surface area contributed by atoms with Crippen molar-refractivity contribution >= 4 is 11.4 Å². The lowest BCUT2D eigenvalue weighted by Gasteiger charge is -2.21. The van der Waals surface area contributed by atoms with E-state index < -0.39 is 12.2 Å². The maximum atomic E-state index is 10.4. The molecular weight excluding hydrogens is 276 g/mol. The highest BCUT2D eigenvalue weighted by Gasteiger charge is 2.20. The summed E-state index contributed by atoms with van der Waals surface area (Å²) in [6, 6.07) is 15.1. The monoisotopic (exact) mass is 300 g/mol. The zero-order chi connectivity index (χ0) is 16.3. The van der Waals surface area contributed by atoms with Crippen molar-refractivity contribution in [1.82, 2.24) is 0 Å². The number of hydrogen-bond acceptors (Lipinski definition) is 4. The van der Waals surface area contributed by atoms with Crippen LogP contribution in [0.5, 0.6) is 0 Å². The van der Waals surface area contributed by atoms with E-state index in [0.29, 0.717) is 11.1 Å². The highest BCUT2D eigenvalue weighted by atomic mass is 16.3. The van der Waals surface area contributed by atoms with Crippen molar-refractivity contribution in [2.24, 2.45) is 0 Å². The van der Waals surface area contributed by atoms with E-state index in [-0.39, 0.29) is 0 Å². The van der Waals surface area contributed by atoms with Gasteiger partial charge in [-0.2, -0.15) is 0 Å². The Kier molecular flexibility index (Phi) is 5.06. The Labute approximate surface area is 132 Å². The molecule has 0 aliphatic rings. The van der Waals surface area contributed by atoms with Gasteiger partial charge in [0, 0.05) is 39.6 Å². The first-order valence-electron chi connectivity index (χ1n) is 7.31. The molecule has 4 nitrogen and oxygen atoms in total. The van der Waals surface area contributed by atoms with Crippen LogP contribution in [0.2, 0.25) is 0 Å². The van der Waals surface area contributed by atoms with E-state index in [9.17, 15) is 10.2 Å². The molecule has 22 heavy (non-hydrogen) atoms. The summed E-state index contributed by atoms with van der Waals surface area (Å²) in [6.07, 6.45) is -1.89. The summed E-state index contributed by atoms with van der Waals surface area (Å²) in [7, 11) is 7.86. The predicted molar refractivity (Wildman–Crippen MR) is 91.5 cm³/mol. The molecule has 0 aliphatic carbocycles. The maximum Gasteiger partial charge on any atom is 0.109 e. The van der Waals surface area contributed by atoms with Crippen LogP contribution in [0.15, 0.2) is 48.5 Å². The SMILES string of the molecule is CN(C)c1ccc([C@@H](O)[C@H](O)c2ccc(N(C)C)cc2)cc1. The third-order valence-electron chi connectivity index (χ3n) is 3.80. The lowest BCUT2D eigenvalue weighted by atomic mass is 9.98. The van der Waals surface area contributed by atoms with Gasteiger partial charge in [-0.1, -0.05) is 24.3 Å². The van der Waals surface area contributed by atoms with Gasteiger partial charge in [0.15, 0.2) is 0 Å². The van der Waals surface area contributed by atoms with Gasteiger partial charge in [0.1, 0.15) is 12.2 Å². The minimum Gasteiger partial charge on any atom is -0.385 e. The zero-order valence-electron chi connectivity index (χ0n) is 13.6. The molecule has 0 aliphatic heterocycles. The molecule has 0 amide bonds. The molecule has 0 fully saturated rings. The minimum atomic E-state index is -0.943. The number of benzene rings is 2. The first-order valence-corrected chi connectivity index (χ1v) is 7.31. The average Bonchev–Trinajstić information content (AvgIpc) is 2.53. The van der Waals surface area contributed by atoms with Crippen molar-refractivity contribution in [2.45, 2.75) is 12.2 Å². The average molecular weight is 300 g/mol. The van der Waals surface area contributed by atoms with Crippen LogP contribution in [0.3, 0.4) is 0 Å². The molecule has 0 aromatic heterocycles. The second-order valence-corrected chi connectivity index (χ2v) is 5.86. The quantitative estimate of drug-likeness (QED) is 0.891. The van der Waals surface area contributed by atoms with Crippen LogP contribution < -0.4 is 9.80 Å². The van der Waals surface area contributed by atoms with E-state index in [1.54, 1.807) is 0 Å². The molecule has 2 rings (SSSR count). The Morgan fingerprint density at radius 3 is 1.09 bits per heavy atom. The van der Waals surface area contributed by atoms with Gasteiger partial charge in [0.25, 0.3) is 0 Å². The van der Waals surface area contributed by atoms with Gasteiger partial charge >= 0.3 is 0 Å². The summed E-state index contributed by atoms with van der Waals surface area (Å²) < 4.78 is 0. The van der Waals surface area contributed by atoms with Gasteiger partial charge in [0.05, 0.1) is 0 Å². The van der Waals surface area contributed by atoms with Crippen molar-refractivity contribution in [1.29, 1.82) is 0 Å².